The maximum absolute atomic E-state index is 12.2. The van der Waals surface area contributed by atoms with Gasteiger partial charge in [0.15, 0.2) is 0 Å². The first kappa shape index (κ1) is 13.4. The Kier molecular flexibility index (Phi) is 3.92. The van der Waals surface area contributed by atoms with Gasteiger partial charge in [-0.05, 0) is 46.8 Å². The van der Waals surface area contributed by atoms with Gasteiger partial charge in [0.25, 0.3) is 5.91 Å². The normalized spacial score (nSPS) is 14.2. The summed E-state index contributed by atoms with van der Waals surface area (Å²) in [6.45, 7) is 0.663. The molecule has 0 bridgehead atoms. The summed E-state index contributed by atoms with van der Waals surface area (Å²) in [6.07, 6.45) is 5.21. The number of rotatable bonds is 5. The van der Waals surface area contributed by atoms with Crippen LogP contribution in [0.4, 0.5) is 0 Å². The van der Waals surface area contributed by atoms with E-state index in [0.29, 0.717) is 12.6 Å². The zero-order valence-corrected chi connectivity index (χ0v) is 12.8. The molecular weight excluding hydrogens is 316 g/mol. The number of hydrogen-bond acceptors (Lipinski definition) is 1. The van der Waals surface area contributed by atoms with Gasteiger partial charge in [0.1, 0.15) is 5.69 Å². The van der Waals surface area contributed by atoms with Crippen molar-refractivity contribution in [2.45, 2.75) is 25.3 Å². The van der Waals surface area contributed by atoms with Gasteiger partial charge < -0.3 is 9.88 Å². The Hall–Kier alpha value is -1.55. The quantitative estimate of drug-likeness (QED) is 0.892. The Morgan fingerprint density at radius 3 is 2.75 bits per heavy atom. The van der Waals surface area contributed by atoms with Crippen molar-refractivity contribution in [2.75, 3.05) is 6.54 Å². The third kappa shape index (κ3) is 3.12. The SMILES string of the molecule is O=C(NCCc1ccccc1)c1cc(Br)cn1C1CC1. The highest BCUT2D eigenvalue weighted by Crippen LogP contribution is 2.37. The van der Waals surface area contributed by atoms with E-state index < -0.39 is 0 Å². The van der Waals surface area contributed by atoms with Crippen LogP contribution >= 0.6 is 15.9 Å². The highest BCUT2D eigenvalue weighted by molar-refractivity contribution is 9.10. The summed E-state index contributed by atoms with van der Waals surface area (Å²) in [5, 5.41) is 3.00. The summed E-state index contributed by atoms with van der Waals surface area (Å²) in [7, 11) is 0. The van der Waals surface area contributed by atoms with Crippen LogP contribution < -0.4 is 5.32 Å². The van der Waals surface area contributed by atoms with Crippen LogP contribution in [0.5, 0.6) is 0 Å². The van der Waals surface area contributed by atoms with Gasteiger partial charge in [0, 0.05) is 23.3 Å². The summed E-state index contributed by atoms with van der Waals surface area (Å²) < 4.78 is 3.06. The lowest BCUT2D eigenvalue weighted by Crippen LogP contribution is -2.27. The summed E-state index contributed by atoms with van der Waals surface area (Å²) in [6, 6.07) is 12.6. The van der Waals surface area contributed by atoms with Gasteiger partial charge in [-0.25, -0.2) is 0 Å². The lowest BCUT2D eigenvalue weighted by Gasteiger charge is -2.08. The molecule has 0 aliphatic heterocycles. The monoisotopic (exact) mass is 332 g/mol. The zero-order valence-electron chi connectivity index (χ0n) is 11.2. The Labute approximate surface area is 127 Å². The molecule has 0 atom stereocenters. The second-order valence-corrected chi connectivity index (χ2v) is 6.09. The van der Waals surface area contributed by atoms with Crippen LogP contribution in [0.25, 0.3) is 0 Å². The number of nitrogens with zero attached hydrogens (tertiary/aromatic N) is 1. The van der Waals surface area contributed by atoms with Crippen molar-refractivity contribution in [2.24, 2.45) is 0 Å². The summed E-state index contributed by atoms with van der Waals surface area (Å²) >= 11 is 3.45. The Balaban J connectivity index is 1.59. The van der Waals surface area contributed by atoms with Crippen molar-refractivity contribution < 1.29 is 4.79 Å². The van der Waals surface area contributed by atoms with Gasteiger partial charge in [0.05, 0.1) is 0 Å². The van der Waals surface area contributed by atoms with Crippen molar-refractivity contribution in [3.05, 3.63) is 58.3 Å². The predicted molar refractivity (Wildman–Crippen MR) is 82.9 cm³/mol. The number of nitrogens with one attached hydrogen (secondary N) is 1. The van der Waals surface area contributed by atoms with Crippen LogP contribution in [0, 0.1) is 0 Å². The van der Waals surface area contributed by atoms with Crippen LogP contribution in [0.15, 0.2) is 47.1 Å². The molecule has 0 saturated heterocycles. The fourth-order valence-corrected chi connectivity index (χ4v) is 2.78. The van der Waals surface area contributed by atoms with Crippen molar-refractivity contribution in [3.8, 4) is 0 Å². The molecule has 3 rings (SSSR count). The molecule has 0 spiro atoms. The number of hydrogen-bond donors (Lipinski definition) is 1. The third-order valence-electron chi connectivity index (χ3n) is 3.53. The van der Waals surface area contributed by atoms with Gasteiger partial charge in [-0.15, -0.1) is 0 Å². The lowest BCUT2D eigenvalue weighted by molar-refractivity contribution is 0.0944. The van der Waals surface area contributed by atoms with Crippen molar-refractivity contribution in [1.82, 2.24) is 9.88 Å². The van der Waals surface area contributed by atoms with Crippen LogP contribution in [-0.2, 0) is 6.42 Å². The number of benzene rings is 1. The van der Waals surface area contributed by atoms with E-state index in [1.807, 2.05) is 30.5 Å². The van der Waals surface area contributed by atoms with Gasteiger partial charge in [0.2, 0.25) is 0 Å². The smallest absolute Gasteiger partial charge is 0.267 e. The maximum Gasteiger partial charge on any atom is 0.267 e. The molecule has 4 heteroatoms. The maximum atomic E-state index is 12.2. The highest BCUT2D eigenvalue weighted by atomic mass is 79.9. The van der Waals surface area contributed by atoms with E-state index in [4.69, 9.17) is 0 Å². The first-order valence-electron chi connectivity index (χ1n) is 6.93. The molecule has 104 valence electrons. The second-order valence-electron chi connectivity index (χ2n) is 5.17. The van der Waals surface area contributed by atoms with E-state index in [9.17, 15) is 4.79 Å². The Morgan fingerprint density at radius 2 is 2.05 bits per heavy atom. The molecule has 1 aliphatic carbocycles. The third-order valence-corrected chi connectivity index (χ3v) is 3.96. The van der Waals surface area contributed by atoms with Crippen molar-refractivity contribution in [3.63, 3.8) is 0 Å². The number of halogens is 1. The molecule has 1 heterocycles. The van der Waals surface area contributed by atoms with Gasteiger partial charge in [-0.1, -0.05) is 30.3 Å². The van der Waals surface area contributed by atoms with E-state index >= 15 is 0 Å². The molecular formula is C16H17BrN2O. The van der Waals surface area contributed by atoms with Crippen LogP contribution in [-0.4, -0.2) is 17.0 Å². The van der Waals surface area contributed by atoms with Crippen molar-refractivity contribution >= 4 is 21.8 Å². The molecule has 1 amide bonds. The van der Waals surface area contributed by atoms with E-state index in [2.05, 4.69) is 37.9 Å². The average Bonchev–Trinajstić information content (AvgIpc) is 3.22. The van der Waals surface area contributed by atoms with E-state index in [0.717, 1.165) is 16.6 Å². The van der Waals surface area contributed by atoms with Gasteiger partial charge in [-0.3, -0.25) is 4.79 Å². The van der Waals surface area contributed by atoms with Crippen LogP contribution in [0.2, 0.25) is 0 Å². The second kappa shape index (κ2) is 5.83. The number of aromatic nitrogens is 1. The minimum absolute atomic E-state index is 0.0125. The first-order chi connectivity index (χ1) is 9.74. The molecule has 0 radical (unpaired) electrons. The van der Waals surface area contributed by atoms with Crippen LogP contribution in [0.3, 0.4) is 0 Å². The minimum atomic E-state index is 0.0125. The summed E-state index contributed by atoms with van der Waals surface area (Å²) in [5.41, 5.74) is 2.00. The number of carbonyl (C=O) groups excluding carboxylic acids is 1. The highest BCUT2D eigenvalue weighted by Gasteiger charge is 2.27. The molecule has 2 aromatic rings. The molecule has 1 N–H and O–H groups in total. The molecule has 0 unspecified atom stereocenters. The first-order valence-corrected chi connectivity index (χ1v) is 7.73. The predicted octanol–water partition coefficient (Wildman–Crippen LogP) is 3.56. The molecule has 1 saturated carbocycles. The standard InChI is InChI=1S/C16H17BrN2O/c17-13-10-15(19(11-13)14-6-7-14)16(20)18-9-8-12-4-2-1-3-5-12/h1-5,10-11,14H,6-9H2,(H,18,20). The number of amides is 1. The Morgan fingerprint density at radius 1 is 1.30 bits per heavy atom. The zero-order chi connectivity index (χ0) is 13.9. The molecule has 20 heavy (non-hydrogen) atoms. The number of carbonyl (C=O) groups is 1. The average molecular weight is 333 g/mol. The fourth-order valence-electron chi connectivity index (χ4n) is 2.34. The molecule has 3 nitrogen and oxygen atoms in total. The van der Waals surface area contributed by atoms with E-state index in [1.54, 1.807) is 0 Å². The minimum Gasteiger partial charge on any atom is -0.350 e. The Bertz CT molecular complexity index is 602. The van der Waals surface area contributed by atoms with Gasteiger partial charge in [-0.2, -0.15) is 0 Å². The van der Waals surface area contributed by atoms with E-state index in [1.165, 1.54) is 18.4 Å². The van der Waals surface area contributed by atoms with Crippen molar-refractivity contribution in [1.29, 1.82) is 0 Å². The largest absolute Gasteiger partial charge is 0.350 e. The van der Waals surface area contributed by atoms with Gasteiger partial charge >= 0.3 is 0 Å². The molecule has 1 aliphatic rings. The van der Waals surface area contributed by atoms with Crippen LogP contribution in [0.1, 0.15) is 34.9 Å². The topological polar surface area (TPSA) is 34.0 Å². The van der Waals surface area contributed by atoms with E-state index in [-0.39, 0.29) is 5.91 Å². The molecule has 1 aromatic heterocycles. The lowest BCUT2D eigenvalue weighted by atomic mass is 10.1. The summed E-state index contributed by atoms with van der Waals surface area (Å²) in [5.74, 6) is 0.0125. The molecule has 1 aromatic carbocycles. The summed E-state index contributed by atoms with van der Waals surface area (Å²) in [4.78, 5) is 12.2. The fraction of sp³-hybridized carbons (Fsp3) is 0.312. The molecule has 1 fully saturated rings.